The van der Waals surface area contributed by atoms with Gasteiger partial charge in [-0.25, -0.2) is 4.68 Å². The van der Waals surface area contributed by atoms with E-state index < -0.39 is 11.9 Å². The minimum absolute atomic E-state index is 0.303. The molecule has 1 N–H and O–H groups in total. The van der Waals surface area contributed by atoms with Crippen molar-refractivity contribution in [3.05, 3.63) is 64.1 Å². The van der Waals surface area contributed by atoms with Gasteiger partial charge >= 0.3 is 0 Å². The number of aryl methyl sites for hydroxylation is 2. The lowest BCUT2D eigenvalue weighted by Gasteiger charge is -2.14. The van der Waals surface area contributed by atoms with Gasteiger partial charge in [-0.3, -0.25) is 9.59 Å². The summed E-state index contributed by atoms with van der Waals surface area (Å²) in [7, 11) is 0. The van der Waals surface area contributed by atoms with E-state index in [0.717, 1.165) is 15.8 Å². The van der Waals surface area contributed by atoms with Crippen molar-refractivity contribution in [3.63, 3.8) is 0 Å². The first-order valence-electron chi connectivity index (χ1n) is 7.85. The van der Waals surface area contributed by atoms with Gasteiger partial charge < -0.3 is 9.84 Å². The zero-order valence-corrected chi connectivity index (χ0v) is 14.2. The fraction of sp³-hybridized carbons (Fsp3) is 0.222. The van der Waals surface area contributed by atoms with E-state index in [1.165, 1.54) is 6.07 Å². The van der Waals surface area contributed by atoms with Crippen molar-refractivity contribution < 1.29 is 9.32 Å². The number of hydrogen-bond donors (Lipinski definition) is 1. The molecular weight excluding hydrogens is 320 g/mol. The molecule has 0 bridgehead atoms. The fourth-order valence-corrected chi connectivity index (χ4v) is 2.35. The Morgan fingerprint density at radius 1 is 1.16 bits per heavy atom. The molecule has 2 heterocycles. The van der Waals surface area contributed by atoms with Crippen LogP contribution < -0.4 is 10.9 Å². The lowest BCUT2D eigenvalue weighted by molar-refractivity contribution is -0.119. The van der Waals surface area contributed by atoms with Crippen molar-refractivity contribution in [2.75, 3.05) is 5.32 Å². The summed E-state index contributed by atoms with van der Waals surface area (Å²) in [5.41, 5.74) is 2.28. The van der Waals surface area contributed by atoms with Crippen molar-refractivity contribution in [1.82, 2.24) is 14.9 Å². The van der Waals surface area contributed by atoms with Crippen LogP contribution >= 0.6 is 0 Å². The molecule has 1 aromatic carbocycles. The number of anilines is 1. The van der Waals surface area contributed by atoms with Crippen LogP contribution in [0.3, 0.4) is 0 Å². The maximum absolute atomic E-state index is 12.4. The minimum Gasteiger partial charge on any atom is -0.360 e. The van der Waals surface area contributed by atoms with Gasteiger partial charge in [0, 0.05) is 17.7 Å². The van der Waals surface area contributed by atoms with E-state index in [9.17, 15) is 9.59 Å². The van der Waals surface area contributed by atoms with Crippen LogP contribution in [0.15, 0.2) is 51.8 Å². The second-order valence-corrected chi connectivity index (χ2v) is 5.86. The first kappa shape index (κ1) is 16.6. The number of nitrogens with one attached hydrogen (secondary N) is 1. The molecule has 0 aliphatic heterocycles. The molecule has 128 valence electrons. The summed E-state index contributed by atoms with van der Waals surface area (Å²) in [5.74, 6) is 0.487. The lowest BCUT2D eigenvalue weighted by Crippen LogP contribution is -2.33. The van der Waals surface area contributed by atoms with Gasteiger partial charge in [-0.05, 0) is 26.8 Å². The SMILES string of the molecule is Cc1ccc(-c2ccc(=O)n(C(C)C(=O)Nc3cc(C)on3)n2)cc1. The van der Waals surface area contributed by atoms with Gasteiger partial charge in [-0.15, -0.1) is 0 Å². The van der Waals surface area contributed by atoms with Gasteiger partial charge in [0.25, 0.3) is 5.56 Å². The molecule has 0 radical (unpaired) electrons. The molecule has 0 saturated carbocycles. The predicted molar refractivity (Wildman–Crippen MR) is 93.3 cm³/mol. The Bertz CT molecular complexity index is 957. The van der Waals surface area contributed by atoms with Crippen LogP contribution in [0.2, 0.25) is 0 Å². The Kier molecular flexibility index (Phi) is 4.47. The molecule has 0 aliphatic carbocycles. The summed E-state index contributed by atoms with van der Waals surface area (Å²) in [5, 5.41) is 10.7. The monoisotopic (exact) mass is 338 g/mol. The van der Waals surface area contributed by atoms with Crippen LogP contribution in [0.1, 0.15) is 24.3 Å². The summed E-state index contributed by atoms with van der Waals surface area (Å²) < 4.78 is 6.08. The molecule has 0 spiro atoms. The van der Waals surface area contributed by atoms with Gasteiger partial charge in [0.2, 0.25) is 5.91 Å². The van der Waals surface area contributed by atoms with E-state index in [0.29, 0.717) is 17.3 Å². The normalized spacial score (nSPS) is 12.0. The summed E-state index contributed by atoms with van der Waals surface area (Å²) in [6.45, 7) is 5.33. The van der Waals surface area contributed by atoms with Crippen LogP contribution in [0, 0.1) is 13.8 Å². The number of benzene rings is 1. The van der Waals surface area contributed by atoms with Crippen molar-refractivity contribution in [1.29, 1.82) is 0 Å². The predicted octanol–water partition coefficient (Wildman–Crippen LogP) is 2.71. The molecule has 3 aromatic rings. The topological polar surface area (TPSA) is 90.0 Å². The Labute approximate surface area is 144 Å². The molecule has 0 fully saturated rings. The zero-order chi connectivity index (χ0) is 18.0. The van der Waals surface area contributed by atoms with E-state index >= 15 is 0 Å². The van der Waals surface area contributed by atoms with Gasteiger partial charge in [-0.1, -0.05) is 35.0 Å². The number of amides is 1. The summed E-state index contributed by atoms with van der Waals surface area (Å²) in [6.07, 6.45) is 0. The molecule has 7 heteroatoms. The van der Waals surface area contributed by atoms with Gasteiger partial charge in [0.15, 0.2) is 5.82 Å². The van der Waals surface area contributed by atoms with E-state index in [2.05, 4.69) is 15.6 Å². The smallest absolute Gasteiger partial charge is 0.267 e. The van der Waals surface area contributed by atoms with Crippen LogP contribution in [-0.2, 0) is 4.79 Å². The van der Waals surface area contributed by atoms with Crippen LogP contribution in [0.5, 0.6) is 0 Å². The van der Waals surface area contributed by atoms with Crippen LogP contribution in [-0.4, -0.2) is 20.8 Å². The van der Waals surface area contributed by atoms with E-state index in [4.69, 9.17) is 4.52 Å². The summed E-state index contributed by atoms with van der Waals surface area (Å²) in [6, 6.07) is 11.6. The Morgan fingerprint density at radius 3 is 2.52 bits per heavy atom. The maximum atomic E-state index is 12.4. The molecular formula is C18H18N4O3. The first-order valence-corrected chi connectivity index (χ1v) is 7.85. The van der Waals surface area contributed by atoms with E-state index in [1.807, 2.05) is 31.2 Å². The largest absolute Gasteiger partial charge is 0.360 e. The Hall–Kier alpha value is -3.22. The number of hydrogen-bond acceptors (Lipinski definition) is 5. The molecule has 25 heavy (non-hydrogen) atoms. The standard InChI is InChI=1S/C18H18N4O3/c1-11-4-6-14(7-5-11)15-8-9-17(23)22(20-15)13(3)18(24)19-16-10-12(2)25-21-16/h4-10,13H,1-3H3,(H,19,21,24). The average molecular weight is 338 g/mol. The second-order valence-electron chi connectivity index (χ2n) is 5.86. The highest BCUT2D eigenvalue weighted by atomic mass is 16.5. The maximum Gasteiger partial charge on any atom is 0.267 e. The average Bonchev–Trinajstić information content (AvgIpc) is 3.00. The third kappa shape index (κ3) is 3.65. The highest BCUT2D eigenvalue weighted by Gasteiger charge is 2.19. The minimum atomic E-state index is -0.796. The van der Waals surface area contributed by atoms with Crippen molar-refractivity contribution in [2.45, 2.75) is 26.8 Å². The van der Waals surface area contributed by atoms with Crippen molar-refractivity contribution in [2.24, 2.45) is 0 Å². The molecule has 1 atom stereocenters. The van der Waals surface area contributed by atoms with Crippen LogP contribution in [0.25, 0.3) is 11.3 Å². The fourth-order valence-electron chi connectivity index (χ4n) is 2.35. The molecule has 7 nitrogen and oxygen atoms in total. The van der Waals surface area contributed by atoms with Crippen molar-refractivity contribution >= 4 is 11.7 Å². The Balaban J connectivity index is 1.87. The molecule has 2 aromatic heterocycles. The molecule has 0 saturated heterocycles. The summed E-state index contributed by atoms with van der Waals surface area (Å²) in [4.78, 5) is 24.5. The van der Waals surface area contributed by atoms with E-state index in [-0.39, 0.29) is 5.56 Å². The van der Waals surface area contributed by atoms with Gasteiger partial charge in [-0.2, -0.15) is 5.10 Å². The third-order valence-electron chi connectivity index (χ3n) is 3.80. The zero-order valence-electron chi connectivity index (χ0n) is 14.2. The summed E-state index contributed by atoms with van der Waals surface area (Å²) >= 11 is 0. The van der Waals surface area contributed by atoms with Gasteiger partial charge in [0.05, 0.1) is 5.69 Å². The lowest BCUT2D eigenvalue weighted by atomic mass is 10.1. The number of rotatable bonds is 4. The highest BCUT2D eigenvalue weighted by molar-refractivity contribution is 5.92. The molecule has 1 unspecified atom stereocenters. The molecule has 3 rings (SSSR count). The molecule has 1 amide bonds. The van der Waals surface area contributed by atoms with E-state index in [1.54, 1.807) is 26.0 Å². The highest BCUT2D eigenvalue weighted by Crippen LogP contribution is 2.17. The number of nitrogens with zero attached hydrogens (tertiary/aromatic N) is 3. The first-order chi connectivity index (χ1) is 11.9. The second kappa shape index (κ2) is 6.72. The van der Waals surface area contributed by atoms with Crippen LogP contribution in [0.4, 0.5) is 5.82 Å². The van der Waals surface area contributed by atoms with Crippen molar-refractivity contribution in [3.8, 4) is 11.3 Å². The molecule has 0 aliphatic rings. The number of carbonyl (C=O) groups is 1. The quantitative estimate of drug-likeness (QED) is 0.790. The van der Waals surface area contributed by atoms with Gasteiger partial charge in [0.1, 0.15) is 11.8 Å². The Morgan fingerprint density at radius 2 is 1.88 bits per heavy atom. The number of carbonyl (C=O) groups excluding carboxylic acids is 1. The third-order valence-corrected chi connectivity index (χ3v) is 3.80. The number of aromatic nitrogens is 3.